The highest BCUT2D eigenvalue weighted by Crippen LogP contribution is 2.32. The van der Waals surface area contributed by atoms with Crippen LogP contribution in [0.15, 0.2) is 78.0 Å². The first-order valence-corrected chi connectivity index (χ1v) is 11.8. The van der Waals surface area contributed by atoms with Gasteiger partial charge in [-0.25, -0.2) is 4.98 Å². The SMILES string of the molecule is O=C(CCCSc1ccccc1)N(Cc1ccncc1)c1nc2ccc(Cl)cc2s1. The molecule has 2 aromatic heterocycles. The maximum absolute atomic E-state index is 13.1. The van der Waals surface area contributed by atoms with Gasteiger partial charge in [-0.1, -0.05) is 41.1 Å². The Labute approximate surface area is 188 Å². The number of halogens is 1. The number of carbonyl (C=O) groups excluding carboxylic acids is 1. The van der Waals surface area contributed by atoms with Crippen LogP contribution >= 0.6 is 34.7 Å². The molecule has 4 rings (SSSR count). The van der Waals surface area contributed by atoms with E-state index in [1.807, 2.05) is 48.5 Å². The lowest BCUT2D eigenvalue weighted by molar-refractivity contribution is -0.118. The molecule has 0 aliphatic carbocycles. The van der Waals surface area contributed by atoms with Gasteiger partial charge in [-0.2, -0.15) is 0 Å². The van der Waals surface area contributed by atoms with Crippen LogP contribution in [0, 0.1) is 0 Å². The van der Waals surface area contributed by atoms with Gasteiger partial charge in [0.15, 0.2) is 5.13 Å². The van der Waals surface area contributed by atoms with Gasteiger partial charge in [-0.05, 0) is 60.2 Å². The summed E-state index contributed by atoms with van der Waals surface area (Å²) < 4.78 is 0.977. The van der Waals surface area contributed by atoms with Crippen molar-refractivity contribution in [3.8, 4) is 0 Å². The molecule has 152 valence electrons. The highest BCUT2D eigenvalue weighted by Gasteiger charge is 2.20. The minimum atomic E-state index is 0.0747. The Morgan fingerprint density at radius 1 is 1.07 bits per heavy atom. The third-order valence-electron chi connectivity index (χ3n) is 4.51. The van der Waals surface area contributed by atoms with Gasteiger partial charge in [-0.3, -0.25) is 14.7 Å². The Bertz CT molecular complexity index is 1120. The Kier molecular flexibility index (Phi) is 7.00. The highest BCUT2D eigenvalue weighted by molar-refractivity contribution is 7.99. The number of aromatic nitrogens is 2. The van der Waals surface area contributed by atoms with Crippen LogP contribution in [0.25, 0.3) is 10.2 Å². The van der Waals surface area contributed by atoms with Crippen molar-refractivity contribution < 1.29 is 4.79 Å². The van der Waals surface area contributed by atoms with Crippen LogP contribution < -0.4 is 4.90 Å². The third kappa shape index (κ3) is 5.39. The van der Waals surface area contributed by atoms with Crippen molar-refractivity contribution in [2.75, 3.05) is 10.7 Å². The molecule has 4 aromatic rings. The summed E-state index contributed by atoms with van der Waals surface area (Å²) in [6, 6.07) is 19.7. The lowest BCUT2D eigenvalue weighted by Crippen LogP contribution is -2.30. The molecular formula is C23H20ClN3OS2. The van der Waals surface area contributed by atoms with Crippen molar-refractivity contribution in [2.24, 2.45) is 0 Å². The molecule has 0 spiro atoms. The minimum absolute atomic E-state index is 0.0747. The molecule has 0 bridgehead atoms. The fourth-order valence-corrected chi connectivity index (χ4v) is 5.13. The summed E-state index contributed by atoms with van der Waals surface area (Å²) in [7, 11) is 0. The second kappa shape index (κ2) is 10.1. The zero-order valence-electron chi connectivity index (χ0n) is 16.2. The molecule has 4 nitrogen and oxygen atoms in total. The van der Waals surface area contributed by atoms with Gasteiger partial charge in [0.2, 0.25) is 5.91 Å². The molecule has 0 radical (unpaired) electrons. The average molecular weight is 454 g/mol. The molecule has 0 unspecified atom stereocenters. The highest BCUT2D eigenvalue weighted by atomic mass is 35.5. The summed E-state index contributed by atoms with van der Waals surface area (Å²) in [5, 5.41) is 1.37. The number of anilines is 1. The van der Waals surface area contributed by atoms with E-state index in [4.69, 9.17) is 16.6 Å². The Balaban J connectivity index is 1.48. The summed E-state index contributed by atoms with van der Waals surface area (Å²) >= 11 is 9.39. The summed E-state index contributed by atoms with van der Waals surface area (Å²) in [5.74, 6) is 0.972. The van der Waals surface area contributed by atoms with Crippen LogP contribution in [0.3, 0.4) is 0 Å². The molecule has 30 heavy (non-hydrogen) atoms. The van der Waals surface area contributed by atoms with Crippen LogP contribution in [0.4, 0.5) is 5.13 Å². The van der Waals surface area contributed by atoms with E-state index >= 15 is 0 Å². The molecule has 0 saturated heterocycles. The van der Waals surface area contributed by atoms with Crippen molar-refractivity contribution >= 4 is 56.0 Å². The maximum atomic E-state index is 13.1. The van der Waals surface area contributed by atoms with E-state index < -0.39 is 0 Å². The van der Waals surface area contributed by atoms with Gasteiger partial charge in [0.1, 0.15) is 0 Å². The van der Waals surface area contributed by atoms with E-state index in [0.29, 0.717) is 23.1 Å². The fourth-order valence-electron chi connectivity index (χ4n) is 3.00. The molecule has 0 aliphatic heterocycles. The Morgan fingerprint density at radius 3 is 2.67 bits per heavy atom. The summed E-state index contributed by atoms with van der Waals surface area (Å²) in [5.41, 5.74) is 1.88. The molecule has 2 heterocycles. The van der Waals surface area contributed by atoms with Gasteiger partial charge in [-0.15, -0.1) is 11.8 Å². The molecule has 0 N–H and O–H groups in total. The molecule has 2 aromatic carbocycles. The fraction of sp³-hybridized carbons (Fsp3) is 0.174. The van der Waals surface area contributed by atoms with E-state index in [9.17, 15) is 4.79 Å². The topological polar surface area (TPSA) is 46.1 Å². The molecule has 7 heteroatoms. The molecule has 0 saturated carbocycles. The summed E-state index contributed by atoms with van der Waals surface area (Å²) in [4.78, 5) is 24.9. The number of benzene rings is 2. The van der Waals surface area contributed by atoms with Crippen molar-refractivity contribution in [1.82, 2.24) is 9.97 Å². The number of hydrogen-bond acceptors (Lipinski definition) is 5. The number of carbonyl (C=O) groups is 1. The third-order valence-corrected chi connectivity index (χ3v) is 6.88. The van der Waals surface area contributed by atoms with Crippen LogP contribution in [0.1, 0.15) is 18.4 Å². The zero-order chi connectivity index (χ0) is 20.8. The van der Waals surface area contributed by atoms with Crippen molar-refractivity contribution in [1.29, 1.82) is 0 Å². The molecule has 0 aliphatic rings. The smallest absolute Gasteiger partial charge is 0.229 e. The van der Waals surface area contributed by atoms with Crippen LogP contribution in [0.5, 0.6) is 0 Å². The molecule has 0 fully saturated rings. The first-order chi connectivity index (χ1) is 14.7. The lowest BCUT2D eigenvalue weighted by Gasteiger charge is -2.20. The number of amides is 1. The van der Waals surface area contributed by atoms with Crippen molar-refractivity contribution in [2.45, 2.75) is 24.3 Å². The largest absolute Gasteiger partial charge is 0.284 e. The number of thiazole rings is 1. The number of nitrogens with zero attached hydrogens (tertiary/aromatic N) is 3. The predicted octanol–water partition coefficient (Wildman–Crippen LogP) is 6.45. The number of fused-ring (bicyclic) bond motifs is 1. The summed E-state index contributed by atoms with van der Waals surface area (Å²) in [6.07, 6.45) is 4.77. The quantitative estimate of drug-likeness (QED) is 0.227. The normalized spacial score (nSPS) is 11.0. The van der Waals surface area contributed by atoms with Crippen molar-refractivity contribution in [3.05, 3.63) is 83.6 Å². The second-order valence-electron chi connectivity index (χ2n) is 6.71. The van der Waals surface area contributed by atoms with Crippen LogP contribution in [-0.2, 0) is 11.3 Å². The van der Waals surface area contributed by atoms with Gasteiger partial charge in [0.05, 0.1) is 16.8 Å². The number of thioether (sulfide) groups is 1. The molecule has 1 amide bonds. The van der Waals surface area contributed by atoms with Crippen LogP contribution in [0.2, 0.25) is 5.02 Å². The van der Waals surface area contributed by atoms with E-state index in [1.54, 1.807) is 29.1 Å². The predicted molar refractivity (Wildman–Crippen MR) is 126 cm³/mol. The van der Waals surface area contributed by atoms with E-state index in [-0.39, 0.29) is 5.91 Å². The minimum Gasteiger partial charge on any atom is -0.284 e. The molecule has 0 atom stereocenters. The number of pyridine rings is 1. The van der Waals surface area contributed by atoms with Gasteiger partial charge in [0, 0.05) is 28.7 Å². The number of hydrogen-bond donors (Lipinski definition) is 0. The molecular weight excluding hydrogens is 434 g/mol. The second-order valence-corrected chi connectivity index (χ2v) is 9.32. The van der Waals surface area contributed by atoms with Gasteiger partial charge >= 0.3 is 0 Å². The lowest BCUT2D eigenvalue weighted by atomic mass is 10.2. The van der Waals surface area contributed by atoms with E-state index in [2.05, 4.69) is 17.1 Å². The summed E-state index contributed by atoms with van der Waals surface area (Å²) in [6.45, 7) is 0.473. The van der Waals surface area contributed by atoms with Crippen LogP contribution in [-0.4, -0.2) is 21.6 Å². The first kappa shape index (κ1) is 20.8. The number of rotatable bonds is 8. The average Bonchev–Trinajstić information content (AvgIpc) is 3.19. The van der Waals surface area contributed by atoms with Gasteiger partial charge < -0.3 is 0 Å². The van der Waals surface area contributed by atoms with E-state index in [1.165, 1.54) is 16.2 Å². The zero-order valence-corrected chi connectivity index (χ0v) is 18.6. The maximum Gasteiger partial charge on any atom is 0.229 e. The van der Waals surface area contributed by atoms with E-state index in [0.717, 1.165) is 28.0 Å². The van der Waals surface area contributed by atoms with Gasteiger partial charge in [0.25, 0.3) is 0 Å². The Morgan fingerprint density at radius 2 is 1.87 bits per heavy atom. The monoisotopic (exact) mass is 453 g/mol. The standard InChI is InChI=1S/C23H20ClN3OS2/c24-18-8-9-20-21(15-18)30-23(26-20)27(16-17-10-12-25-13-11-17)22(28)7-4-14-29-19-5-2-1-3-6-19/h1-3,5-6,8-13,15H,4,7,14,16H2. The first-order valence-electron chi connectivity index (χ1n) is 9.62. The Hall–Kier alpha value is -2.41. The van der Waals surface area contributed by atoms with Crippen molar-refractivity contribution in [3.63, 3.8) is 0 Å².